The van der Waals surface area contributed by atoms with Gasteiger partial charge >= 0.3 is 6.18 Å². The normalized spacial score (nSPS) is 23.8. The highest BCUT2D eigenvalue weighted by Gasteiger charge is 2.32. The molecule has 1 saturated carbocycles. The minimum absolute atomic E-state index is 0.0342. The molecule has 1 heterocycles. The third kappa shape index (κ3) is 6.32. The van der Waals surface area contributed by atoms with Crippen molar-refractivity contribution in [2.24, 2.45) is 5.92 Å². The van der Waals surface area contributed by atoms with Crippen LogP contribution in [0.3, 0.4) is 0 Å². The van der Waals surface area contributed by atoms with Gasteiger partial charge in [0.15, 0.2) is 0 Å². The van der Waals surface area contributed by atoms with Gasteiger partial charge in [-0.2, -0.15) is 13.2 Å². The molecule has 4 nitrogen and oxygen atoms in total. The van der Waals surface area contributed by atoms with Gasteiger partial charge in [0.2, 0.25) is 5.91 Å². The number of amides is 1. The molecule has 1 aliphatic carbocycles. The second kappa shape index (κ2) is 9.32. The first kappa shape index (κ1) is 21.9. The maximum atomic E-state index is 13.7. The molecule has 162 valence electrons. The molecule has 1 amide bonds. The Balaban J connectivity index is 1.43. The summed E-state index contributed by atoms with van der Waals surface area (Å²) in [7, 11) is 0. The van der Waals surface area contributed by atoms with E-state index in [9.17, 15) is 22.4 Å². The van der Waals surface area contributed by atoms with E-state index in [2.05, 4.69) is 10.2 Å². The van der Waals surface area contributed by atoms with Gasteiger partial charge in [0.25, 0.3) is 0 Å². The van der Waals surface area contributed by atoms with Crippen molar-refractivity contribution in [1.29, 1.82) is 0 Å². The molecule has 0 atom stereocenters. The van der Waals surface area contributed by atoms with Gasteiger partial charge < -0.3 is 10.2 Å². The second-order valence-electron chi connectivity index (χ2n) is 8.23. The molecule has 0 unspecified atom stereocenters. The summed E-state index contributed by atoms with van der Waals surface area (Å²) in [5, 5.41) is 2.99. The fourth-order valence-corrected chi connectivity index (χ4v) is 4.40. The minimum Gasteiger partial charge on any atom is -0.369 e. The highest BCUT2D eigenvalue weighted by molar-refractivity contribution is 5.73. The number of nitrogens with zero attached hydrogens (tertiary/aromatic N) is 2. The van der Waals surface area contributed by atoms with Crippen LogP contribution in [0.1, 0.15) is 44.6 Å². The predicted molar refractivity (Wildman–Crippen MR) is 104 cm³/mol. The topological polar surface area (TPSA) is 35.6 Å². The molecule has 1 N–H and O–H groups in total. The van der Waals surface area contributed by atoms with Crippen LogP contribution in [0.15, 0.2) is 18.2 Å². The van der Waals surface area contributed by atoms with Crippen LogP contribution in [0.5, 0.6) is 0 Å². The SMILES string of the molecule is CC(=O)NC1CCC(CCN2CCN(c3cc(F)cc(C(F)(F)F)c3)CC2)CC1. The molecule has 1 saturated heterocycles. The molecule has 1 aliphatic heterocycles. The van der Waals surface area contributed by atoms with Gasteiger partial charge in [-0.3, -0.25) is 9.69 Å². The highest BCUT2D eigenvalue weighted by Crippen LogP contribution is 2.33. The van der Waals surface area contributed by atoms with E-state index in [1.165, 1.54) is 6.07 Å². The van der Waals surface area contributed by atoms with E-state index in [0.717, 1.165) is 57.8 Å². The fraction of sp³-hybridized carbons (Fsp3) is 0.667. The number of piperazine rings is 1. The number of alkyl halides is 3. The smallest absolute Gasteiger partial charge is 0.369 e. The Morgan fingerprint density at radius 2 is 1.72 bits per heavy atom. The number of hydrogen-bond donors (Lipinski definition) is 1. The third-order valence-corrected chi connectivity index (χ3v) is 6.06. The molecule has 1 aromatic carbocycles. The van der Waals surface area contributed by atoms with Crippen molar-refractivity contribution in [2.45, 2.75) is 51.2 Å². The van der Waals surface area contributed by atoms with Crippen LogP contribution in [0.4, 0.5) is 23.2 Å². The number of hydrogen-bond acceptors (Lipinski definition) is 3. The summed E-state index contributed by atoms with van der Waals surface area (Å²) < 4.78 is 52.4. The van der Waals surface area contributed by atoms with Crippen LogP contribution in [0, 0.1) is 11.7 Å². The maximum Gasteiger partial charge on any atom is 0.416 e. The Labute approximate surface area is 169 Å². The van der Waals surface area contributed by atoms with Gasteiger partial charge in [0.05, 0.1) is 5.56 Å². The lowest BCUT2D eigenvalue weighted by Gasteiger charge is -2.37. The van der Waals surface area contributed by atoms with E-state index in [4.69, 9.17) is 0 Å². The average Bonchev–Trinajstić information content (AvgIpc) is 2.66. The molecule has 2 aliphatic rings. The van der Waals surface area contributed by atoms with E-state index in [-0.39, 0.29) is 5.91 Å². The van der Waals surface area contributed by atoms with Gasteiger partial charge in [0, 0.05) is 44.8 Å². The van der Waals surface area contributed by atoms with Crippen LogP contribution in [0.25, 0.3) is 0 Å². The zero-order chi connectivity index (χ0) is 21.0. The van der Waals surface area contributed by atoms with E-state index >= 15 is 0 Å². The molecule has 0 bridgehead atoms. The summed E-state index contributed by atoms with van der Waals surface area (Å²) in [5.41, 5.74) is -0.641. The van der Waals surface area contributed by atoms with Crippen LogP contribution >= 0.6 is 0 Å². The molecule has 0 spiro atoms. The molecule has 2 fully saturated rings. The first-order chi connectivity index (χ1) is 13.7. The van der Waals surface area contributed by atoms with Crippen LogP contribution in [0.2, 0.25) is 0 Å². The van der Waals surface area contributed by atoms with Crippen molar-refractivity contribution >= 4 is 11.6 Å². The molecular formula is C21H29F4N3O. The summed E-state index contributed by atoms with van der Waals surface area (Å²) in [6.45, 7) is 5.24. The van der Waals surface area contributed by atoms with Crippen molar-refractivity contribution in [2.75, 3.05) is 37.6 Å². The number of nitrogens with one attached hydrogen (secondary N) is 1. The predicted octanol–water partition coefficient (Wildman–Crippen LogP) is 4.05. The van der Waals surface area contributed by atoms with E-state index in [1.807, 2.05) is 4.90 Å². The number of carbonyl (C=O) groups is 1. The van der Waals surface area contributed by atoms with Gasteiger partial charge in [0.1, 0.15) is 5.82 Å². The Morgan fingerprint density at radius 3 is 2.31 bits per heavy atom. The Morgan fingerprint density at radius 1 is 1.07 bits per heavy atom. The molecule has 0 aromatic heterocycles. The Hall–Kier alpha value is -1.83. The summed E-state index contributed by atoms with van der Waals surface area (Å²) in [6, 6.07) is 3.06. The first-order valence-electron chi connectivity index (χ1n) is 10.3. The average molecular weight is 415 g/mol. The lowest BCUT2D eigenvalue weighted by Crippen LogP contribution is -2.47. The maximum absolute atomic E-state index is 13.7. The van der Waals surface area contributed by atoms with Crippen molar-refractivity contribution in [1.82, 2.24) is 10.2 Å². The number of halogens is 4. The van der Waals surface area contributed by atoms with Gasteiger partial charge in [-0.25, -0.2) is 4.39 Å². The minimum atomic E-state index is -4.54. The highest BCUT2D eigenvalue weighted by atomic mass is 19.4. The molecule has 8 heteroatoms. The van der Waals surface area contributed by atoms with Crippen molar-refractivity contribution in [3.05, 3.63) is 29.6 Å². The molecular weight excluding hydrogens is 386 g/mol. The lowest BCUT2D eigenvalue weighted by molar-refractivity contribution is -0.137. The van der Waals surface area contributed by atoms with Crippen molar-refractivity contribution < 1.29 is 22.4 Å². The first-order valence-corrected chi connectivity index (χ1v) is 10.3. The third-order valence-electron chi connectivity index (χ3n) is 6.06. The standard InChI is InChI=1S/C21H29F4N3O/c1-15(29)26-19-4-2-16(3-5-19)6-7-27-8-10-28(11-9-27)20-13-17(21(23,24)25)12-18(22)14-20/h12-14,16,19H,2-11H2,1H3,(H,26,29). The second-order valence-corrected chi connectivity index (χ2v) is 8.23. The molecule has 0 radical (unpaired) electrons. The lowest BCUT2D eigenvalue weighted by atomic mass is 9.84. The number of anilines is 1. The van der Waals surface area contributed by atoms with Crippen molar-refractivity contribution in [3.63, 3.8) is 0 Å². The molecule has 3 rings (SSSR count). The zero-order valence-electron chi connectivity index (χ0n) is 16.8. The van der Waals surface area contributed by atoms with Gasteiger partial charge in [-0.05, 0) is 62.8 Å². The molecule has 29 heavy (non-hydrogen) atoms. The summed E-state index contributed by atoms with van der Waals surface area (Å²) in [6.07, 6.45) is 0.851. The van der Waals surface area contributed by atoms with E-state index < -0.39 is 17.6 Å². The van der Waals surface area contributed by atoms with Crippen LogP contribution < -0.4 is 10.2 Å². The monoisotopic (exact) mass is 415 g/mol. The van der Waals surface area contributed by atoms with Gasteiger partial charge in [-0.15, -0.1) is 0 Å². The van der Waals surface area contributed by atoms with Crippen LogP contribution in [-0.4, -0.2) is 49.6 Å². The number of rotatable bonds is 5. The fourth-order valence-electron chi connectivity index (χ4n) is 4.40. The molecule has 1 aromatic rings. The zero-order valence-corrected chi connectivity index (χ0v) is 16.8. The summed E-state index contributed by atoms with van der Waals surface area (Å²) in [5.74, 6) is -0.158. The van der Waals surface area contributed by atoms with Gasteiger partial charge in [-0.1, -0.05) is 0 Å². The van der Waals surface area contributed by atoms with E-state index in [0.29, 0.717) is 36.8 Å². The quantitative estimate of drug-likeness (QED) is 0.737. The number of benzene rings is 1. The summed E-state index contributed by atoms with van der Waals surface area (Å²) in [4.78, 5) is 15.3. The summed E-state index contributed by atoms with van der Waals surface area (Å²) >= 11 is 0. The van der Waals surface area contributed by atoms with Crippen molar-refractivity contribution in [3.8, 4) is 0 Å². The Bertz CT molecular complexity index is 694. The van der Waals surface area contributed by atoms with E-state index in [1.54, 1.807) is 6.92 Å². The largest absolute Gasteiger partial charge is 0.416 e. The van der Waals surface area contributed by atoms with Crippen LogP contribution in [-0.2, 0) is 11.0 Å². The Kier molecular flexibility index (Phi) is 7.03. The number of carbonyl (C=O) groups excluding carboxylic acids is 1.